The fourth-order valence-electron chi connectivity index (χ4n) is 4.17. The Morgan fingerprint density at radius 3 is 2.57 bits per heavy atom. The van der Waals surface area contributed by atoms with Crippen LogP contribution in [0.1, 0.15) is 41.4 Å². The first kappa shape index (κ1) is 18.8. The fraction of sp³-hybridized carbons (Fsp3) is 0.348. The Bertz CT molecular complexity index is 1180. The molecule has 30 heavy (non-hydrogen) atoms. The van der Waals surface area contributed by atoms with Crippen LogP contribution in [0.4, 0.5) is 0 Å². The van der Waals surface area contributed by atoms with Crippen molar-refractivity contribution in [2.45, 2.75) is 31.5 Å². The van der Waals surface area contributed by atoms with Gasteiger partial charge in [-0.05, 0) is 24.3 Å². The number of ether oxygens (including phenoxy) is 4. The Morgan fingerprint density at radius 2 is 1.87 bits per heavy atom. The molecular weight excluding hydrogens is 388 g/mol. The summed E-state index contributed by atoms with van der Waals surface area (Å²) in [6.07, 6.45) is -0.911. The summed E-state index contributed by atoms with van der Waals surface area (Å²) < 4.78 is 28.6. The van der Waals surface area contributed by atoms with E-state index in [1.807, 2.05) is 19.9 Å². The van der Waals surface area contributed by atoms with E-state index < -0.39 is 17.5 Å². The number of benzene rings is 2. The molecule has 3 aromatic rings. The number of methoxy groups -OCH3 is 2. The van der Waals surface area contributed by atoms with Gasteiger partial charge in [-0.1, -0.05) is 13.8 Å². The van der Waals surface area contributed by atoms with Gasteiger partial charge in [0.15, 0.2) is 23.2 Å². The lowest BCUT2D eigenvalue weighted by molar-refractivity contribution is -0.0793. The van der Waals surface area contributed by atoms with Gasteiger partial charge in [0.1, 0.15) is 29.4 Å². The summed E-state index contributed by atoms with van der Waals surface area (Å²) >= 11 is 0. The maximum atomic E-state index is 13.6. The van der Waals surface area contributed by atoms with Crippen LogP contribution < -0.4 is 18.9 Å². The van der Waals surface area contributed by atoms with E-state index in [1.54, 1.807) is 24.3 Å². The molecule has 0 unspecified atom stereocenters. The first-order valence-corrected chi connectivity index (χ1v) is 9.78. The van der Waals surface area contributed by atoms with E-state index in [0.717, 1.165) is 5.76 Å². The standard InChI is InChI=1S/C23H22O7/c1-11(2)16-7-13-15(29-16)6-5-12-21(13)30-20-10-28-17-9-19(27-4)18(26-3)8-14(17)23(20,25)22(12)24/h5-9,11,20,25H,10H2,1-4H3/t20-,23-/m1/s1. The number of ketones is 1. The number of aliphatic hydroxyl groups is 1. The van der Waals surface area contributed by atoms with E-state index in [-0.39, 0.29) is 12.5 Å². The highest BCUT2D eigenvalue weighted by Crippen LogP contribution is 2.50. The van der Waals surface area contributed by atoms with Crippen molar-refractivity contribution in [1.29, 1.82) is 0 Å². The molecule has 2 atom stereocenters. The van der Waals surface area contributed by atoms with Crippen LogP contribution in [0.3, 0.4) is 0 Å². The molecule has 0 radical (unpaired) electrons. The molecule has 156 valence electrons. The zero-order valence-electron chi connectivity index (χ0n) is 17.1. The molecule has 0 fully saturated rings. The van der Waals surface area contributed by atoms with Gasteiger partial charge in [0.25, 0.3) is 0 Å². The van der Waals surface area contributed by atoms with E-state index in [0.29, 0.717) is 45.1 Å². The highest BCUT2D eigenvalue weighted by atomic mass is 16.6. The lowest BCUT2D eigenvalue weighted by atomic mass is 9.77. The Balaban J connectivity index is 1.69. The predicted molar refractivity (Wildman–Crippen MR) is 108 cm³/mol. The Morgan fingerprint density at radius 1 is 1.13 bits per heavy atom. The second-order valence-electron chi connectivity index (χ2n) is 7.87. The quantitative estimate of drug-likeness (QED) is 0.703. The fourth-order valence-corrected chi connectivity index (χ4v) is 4.17. The van der Waals surface area contributed by atoms with Gasteiger partial charge in [-0.25, -0.2) is 0 Å². The first-order valence-electron chi connectivity index (χ1n) is 9.78. The minimum absolute atomic E-state index is 0.00936. The van der Waals surface area contributed by atoms with Crippen molar-refractivity contribution >= 4 is 16.8 Å². The summed E-state index contributed by atoms with van der Waals surface area (Å²) in [7, 11) is 3.00. The van der Waals surface area contributed by atoms with Crippen LogP contribution >= 0.6 is 0 Å². The second-order valence-corrected chi connectivity index (χ2v) is 7.87. The Kier molecular flexibility index (Phi) is 4.02. The Labute approximate surface area is 173 Å². The average molecular weight is 410 g/mol. The minimum atomic E-state index is -1.90. The zero-order valence-corrected chi connectivity index (χ0v) is 17.1. The first-order chi connectivity index (χ1) is 14.4. The number of hydrogen-bond acceptors (Lipinski definition) is 7. The largest absolute Gasteiger partial charge is 0.493 e. The zero-order chi connectivity index (χ0) is 21.2. The maximum absolute atomic E-state index is 13.6. The van der Waals surface area contributed by atoms with Crippen LogP contribution in [0.25, 0.3) is 11.0 Å². The van der Waals surface area contributed by atoms with Gasteiger partial charge >= 0.3 is 0 Å². The number of carbonyl (C=O) groups is 1. The molecule has 0 amide bonds. The number of rotatable bonds is 3. The molecule has 0 saturated carbocycles. The van der Waals surface area contributed by atoms with Crippen LogP contribution in [0.5, 0.6) is 23.0 Å². The number of carbonyl (C=O) groups excluding carboxylic acids is 1. The Hall–Kier alpha value is -3.19. The molecule has 0 spiro atoms. The number of hydrogen-bond donors (Lipinski definition) is 1. The molecule has 7 heteroatoms. The summed E-state index contributed by atoms with van der Waals surface area (Å²) in [6, 6.07) is 8.44. The van der Waals surface area contributed by atoms with Gasteiger partial charge in [-0.2, -0.15) is 0 Å². The van der Waals surface area contributed by atoms with Crippen LogP contribution in [-0.2, 0) is 5.60 Å². The van der Waals surface area contributed by atoms with Crippen LogP contribution in [0, 0.1) is 0 Å². The second kappa shape index (κ2) is 6.40. The molecule has 3 heterocycles. The highest BCUT2D eigenvalue weighted by Gasteiger charge is 2.56. The molecule has 2 aromatic carbocycles. The summed E-state index contributed by atoms with van der Waals surface area (Å²) in [6.45, 7) is 4.07. The van der Waals surface area contributed by atoms with Crippen molar-refractivity contribution in [3.05, 3.63) is 47.2 Å². The lowest BCUT2D eigenvalue weighted by Crippen LogP contribution is -2.57. The molecule has 0 saturated heterocycles. The molecule has 0 bridgehead atoms. The van der Waals surface area contributed by atoms with Crippen LogP contribution in [-0.4, -0.2) is 37.8 Å². The average Bonchev–Trinajstić information content (AvgIpc) is 3.19. The molecule has 2 aliphatic heterocycles. The SMILES string of the molecule is COc1cc2c(cc1OC)[C@]1(O)C(=O)c3ccc4oc(C(C)C)cc4c3O[C@@H]1CO2. The monoisotopic (exact) mass is 410 g/mol. The summed E-state index contributed by atoms with van der Waals surface area (Å²) in [5.74, 6) is 2.16. The smallest absolute Gasteiger partial charge is 0.206 e. The van der Waals surface area contributed by atoms with Crippen molar-refractivity contribution < 1.29 is 33.3 Å². The van der Waals surface area contributed by atoms with Gasteiger partial charge in [0, 0.05) is 17.5 Å². The van der Waals surface area contributed by atoms with Crippen molar-refractivity contribution in [2.75, 3.05) is 20.8 Å². The van der Waals surface area contributed by atoms with Crippen molar-refractivity contribution in [1.82, 2.24) is 0 Å². The summed E-state index contributed by atoms with van der Waals surface area (Å²) in [5.41, 5.74) is -0.667. The third-order valence-corrected chi connectivity index (χ3v) is 5.84. The molecule has 5 rings (SSSR count). The van der Waals surface area contributed by atoms with Crippen LogP contribution in [0.2, 0.25) is 0 Å². The van der Waals surface area contributed by atoms with Gasteiger partial charge in [-0.15, -0.1) is 0 Å². The predicted octanol–water partition coefficient (Wildman–Crippen LogP) is 3.80. The molecule has 1 N–H and O–H groups in total. The molecule has 1 aromatic heterocycles. The van der Waals surface area contributed by atoms with Crippen molar-refractivity contribution in [2.24, 2.45) is 0 Å². The van der Waals surface area contributed by atoms with E-state index in [2.05, 4.69) is 0 Å². The minimum Gasteiger partial charge on any atom is -0.493 e. The third kappa shape index (κ3) is 2.38. The van der Waals surface area contributed by atoms with Crippen molar-refractivity contribution in [3.63, 3.8) is 0 Å². The van der Waals surface area contributed by atoms with Crippen molar-refractivity contribution in [3.8, 4) is 23.0 Å². The van der Waals surface area contributed by atoms with Crippen LogP contribution in [0.15, 0.2) is 34.7 Å². The normalized spacial score (nSPS) is 22.1. The summed E-state index contributed by atoms with van der Waals surface area (Å²) in [4.78, 5) is 13.6. The topological polar surface area (TPSA) is 87.4 Å². The maximum Gasteiger partial charge on any atom is 0.206 e. The highest BCUT2D eigenvalue weighted by molar-refractivity contribution is 6.10. The van der Waals surface area contributed by atoms with E-state index in [4.69, 9.17) is 23.4 Å². The van der Waals surface area contributed by atoms with Gasteiger partial charge < -0.3 is 28.5 Å². The van der Waals surface area contributed by atoms with E-state index >= 15 is 0 Å². The number of fused-ring (bicyclic) bond motifs is 6. The molecule has 2 aliphatic rings. The number of Topliss-reactive ketones (excluding diaryl/α,β-unsaturated/α-hetero) is 1. The van der Waals surface area contributed by atoms with Gasteiger partial charge in [0.05, 0.1) is 25.2 Å². The van der Waals surface area contributed by atoms with Gasteiger partial charge in [0.2, 0.25) is 5.78 Å². The molecular formula is C23H22O7. The number of furan rings is 1. The summed E-state index contributed by atoms with van der Waals surface area (Å²) in [5, 5.41) is 12.3. The molecule has 7 nitrogen and oxygen atoms in total. The molecule has 0 aliphatic carbocycles. The van der Waals surface area contributed by atoms with E-state index in [9.17, 15) is 9.90 Å². The third-order valence-electron chi connectivity index (χ3n) is 5.84. The van der Waals surface area contributed by atoms with E-state index in [1.165, 1.54) is 14.2 Å². The lowest BCUT2D eigenvalue weighted by Gasteiger charge is -2.43. The van der Waals surface area contributed by atoms with Gasteiger partial charge in [-0.3, -0.25) is 4.79 Å².